The number of hydrogen-bond acceptors (Lipinski definition) is 4. The molecule has 5 nitrogen and oxygen atoms in total. The maximum absolute atomic E-state index is 13.4. The Morgan fingerprint density at radius 1 is 1.29 bits per heavy atom. The second kappa shape index (κ2) is 6.18. The molecule has 2 saturated heterocycles. The van der Waals surface area contributed by atoms with E-state index in [2.05, 4.69) is 0 Å². The van der Waals surface area contributed by atoms with Crippen LogP contribution in [0.5, 0.6) is 0 Å². The minimum atomic E-state index is -0.334. The number of nitrogens with zero attached hydrogens (tertiary/aromatic N) is 1. The summed E-state index contributed by atoms with van der Waals surface area (Å²) in [5.41, 5.74) is 1.22. The van der Waals surface area contributed by atoms with Crippen LogP contribution in [-0.4, -0.2) is 43.4 Å². The lowest BCUT2D eigenvalue weighted by atomic mass is 9.97. The van der Waals surface area contributed by atoms with E-state index in [1.165, 1.54) is 12.1 Å². The van der Waals surface area contributed by atoms with Gasteiger partial charge in [-0.1, -0.05) is 0 Å². The van der Waals surface area contributed by atoms with Gasteiger partial charge in [-0.15, -0.1) is 0 Å². The van der Waals surface area contributed by atoms with Crippen LogP contribution in [0.15, 0.2) is 22.6 Å². The maximum atomic E-state index is 13.4. The topological polar surface area (TPSA) is 51.9 Å². The number of ether oxygens (including phenoxy) is 2. The van der Waals surface area contributed by atoms with Crippen molar-refractivity contribution >= 4 is 16.9 Å². The summed E-state index contributed by atoms with van der Waals surface area (Å²) in [7, 11) is 0. The van der Waals surface area contributed by atoms with Gasteiger partial charge >= 0.3 is 0 Å². The van der Waals surface area contributed by atoms with E-state index in [9.17, 15) is 9.18 Å². The third-order valence-corrected chi connectivity index (χ3v) is 4.87. The molecule has 0 bridgehead atoms. The molecule has 1 atom stereocenters. The van der Waals surface area contributed by atoms with Crippen LogP contribution in [0.2, 0.25) is 0 Å². The predicted molar refractivity (Wildman–Crippen MR) is 85.2 cm³/mol. The normalized spacial score (nSPS) is 22.4. The molecule has 3 heterocycles. The van der Waals surface area contributed by atoms with Gasteiger partial charge in [0.1, 0.15) is 11.4 Å². The van der Waals surface area contributed by atoms with Gasteiger partial charge < -0.3 is 18.8 Å². The maximum Gasteiger partial charge on any atom is 0.289 e. The molecule has 2 aliphatic heterocycles. The molecule has 2 aliphatic rings. The Morgan fingerprint density at radius 2 is 2.08 bits per heavy atom. The summed E-state index contributed by atoms with van der Waals surface area (Å²) >= 11 is 0. The van der Waals surface area contributed by atoms with Gasteiger partial charge in [-0.05, 0) is 38.0 Å². The number of aryl methyl sites for hydroxylation is 1. The van der Waals surface area contributed by atoms with Crippen molar-refractivity contribution in [1.29, 1.82) is 0 Å². The lowest BCUT2D eigenvalue weighted by molar-refractivity contribution is -0.0970. The zero-order valence-corrected chi connectivity index (χ0v) is 13.6. The fourth-order valence-electron chi connectivity index (χ4n) is 3.61. The number of likely N-dealkylation sites (tertiary alicyclic amines) is 1. The lowest BCUT2D eigenvalue weighted by Gasteiger charge is -2.34. The highest BCUT2D eigenvalue weighted by Crippen LogP contribution is 2.30. The summed E-state index contributed by atoms with van der Waals surface area (Å²) in [4.78, 5) is 14.7. The molecule has 24 heavy (non-hydrogen) atoms. The number of amides is 1. The molecular formula is C18H20FNO4. The van der Waals surface area contributed by atoms with Crippen LogP contribution in [-0.2, 0) is 9.47 Å². The van der Waals surface area contributed by atoms with Crippen molar-refractivity contribution in [3.63, 3.8) is 0 Å². The van der Waals surface area contributed by atoms with Crippen molar-refractivity contribution < 1.29 is 23.1 Å². The number of rotatable bonds is 2. The highest BCUT2D eigenvalue weighted by Gasteiger charge is 2.34. The average molecular weight is 333 g/mol. The summed E-state index contributed by atoms with van der Waals surface area (Å²) in [5, 5.41) is 0.648. The van der Waals surface area contributed by atoms with E-state index in [4.69, 9.17) is 13.9 Å². The minimum Gasteiger partial charge on any atom is -0.451 e. The molecule has 1 aromatic heterocycles. The molecule has 2 fully saturated rings. The molecule has 1 unspecified atom stereocenters. The Morgan fingerprint density at radius 3 is 2.88 bits per heavy atom. The van der Waals surface area contributed by atoms with Gasteiger partial charge in [-0.3, -0.25) is 4.79 Å². The molecule has 2 aromatic rings. The summed E-state index contributed by atoms with van der Waals surface area (Å²) in [5.74, 6) is 0.00242. The molecule has 1 aromatic carbocycles. The number of furan rings is 1. The highest BCUT2D eigenvalue weighted by atomic mass is 19.1. The SMILES string of the molecule is Cc1c(C(=O)N2CCCC(C3OCCO3)C2)oc2ccc(F)cc12. The predicted octanol–water partition coefficient (Wildman–Crippen LogP) is 3.11. The van der Waals surface area contributed by atoms with Gasteiger partial charge in [0.2, 0.25) is 0 Å². The molecule has 0 aliphatic carbocycles. The molecule has 6 heteroatoms. The van der Waals surface area contributed by atoms with E-state index in [1.54, 1.807) is 17.9 Å². The van der Waals surface area contributed by atoms with Crippen LogP contribution >= 0.6 is 0 Å². The molecule has 0 radical (unpaired) electrons. The first kappa shape index (κ1) is 15.6. The molecular weight excluding hydrogens is 313 g/mol. The van der Waals surface area contributed by atoms with Crippen LogP contribution in [0.4, 0.5) is 4.39 Å². The average Bonchev–Trinajstić information content (AvgIpc) is 3.24. The van der Waals surface area contributed by atoms with Crippen LogP contribution in [0, 0.1) is 18.7 Å². The standard InChI is InChI=1S/C18H20FNO4/c1-11-14-9-13(19)4-5-15(14)24-16(11)17(21)20-6-2-3-12(10-20)18-22-7-8-23-18/h4-5,9,12,18H,2-3,6-8,10H2,1H3. The molecule has 128 valence electrons. The number of piperidine rings is 1. The zero-order valence-electron chi connectivity index (χ0n) is 13.6. The first-order valence-corrected chi connectivity index (χ1v) is 8.34. The quantitative estimate of drug-likeness (QED) is 0.847. The van der Waals surface area contributed by atoms with Crippen molar-refractivity contribution in [2.45, 2.75) is 26.1 Å². The molecule has 0 saturated carbocycles. The minimum absolute atomic E-state index is 0.146. The van der Waals surface area contributed by atoms with Crippen molar-refractivity contribution in [2.24, 2.45) is 5.92 Å². The second-order valence-electron chi connectivity index (χ2n) is 6.46. The van der Waals surface area contributed by atoms with Gasteiger partial charge in [0.15, 0.2) is 12.1 Å². The fourth-order valence-corrected chi connectivity index (χ4v) is 3.61. The van der Waals surface area contributed by atoms with E-state index in [0.29, 0.717) is 48.6 Å². The van der Waals surface area contributed by atoms with Crippen LogP contribution in [0.1, 0.15) is 29.0 Å². The smallest absolute Gasteiger partial charge is 0.289 e. The van der Waals surface area contributed by atoms with E-state index in [1.807, 2.05) is 0 Å². The van der Waals surface area contributed by atoms with Crippen LogP contribution in [0.3, 0.4) is 0 Å². The summed E-state index contributed by atoms with van der Waals surface area (Å²) < 4.78 is 30.3. The third kappa shape index (κ3) is 2.70. The fraction of sp³-hybridized carbons (Fsp3) is 0.500. The Balaban J connectivity index is 1.57. The van der Waals surface area contributed by atoms with Crippen LogP contribution < -0.4 is 0 Å². The van der Waals surface area contributed by atoms with Crippen molar-refractivity contribution in [1.82, 2.24) is 4.90 Å². The van der Waals surface area contributed by atoms with Crippen molar-refractivity contribution in [3.8, 4) is 0 Å². The molecule has 0 spiro atoms. The number of benzene rings is 1. The first-order chi connectivity index (χ1) is 11.6. The highest BCUT2D eigenvalue weighted by molar-refractivity contribution is 5.99. The number of fused-ring (bicyclic) bond motifs is 1. The molecule has 0 N–H and O–H groups in total. The zero-order chi connectivity index (χ0) is 16.7. The van der Waals surface area contributed by atoms with Gasteiger partial charge in [-0.25, -0.2) is 4.39 Å². The number of hydrogen-bond donors (Lipinski definition) is 0. The second-order valence-corrected chi connectivity index (χ2v) is 6.46. The molecule has 1 amide bonds. The van der Waals surface area contributed by atoms with Crippen molar-refractivity contribution in [2.75, 3.05) is 26.3 Å². The first-order valence-electron chi connectivity index (χ1n) is 8.34. The largest absolute Gasteiger partial charge is 0.451 e. The Labute approximate surface area is 139 Å². The van der Waals surface area contributed by atoms with Gasteiger partial charge in [-0.2, -0.15) is 0 Å². The third-order valence-electron chi connectivity index (χ3n) is 4.87. The molecule has 4 rings (SSSR count). The number of carbonyl (C=O) groups is 1. The number of carbonyl (C=O) groups excluding carboxylic acids is 1. The number of halogens is 1. The summed E-state index contributed by atoms with van der Waals surface area (Å²) in [6.07, 6.45) is 1.68. The van der Waals surface area contributed by atoms with E-state index >= 15 is 0 Å². The Bertz CT molecular complexity index is 766. The van der Waals surface area contributed by atoms with E-state index in [-0.39, 0.29) is 23.9 Å². The monoisotopic (exact) mass is 333 g/mol. The van der Waals surface area contributed by atoms with Crippen molar-refractivity contribution in [3.05, 3.63) is 35.3 Å². The van der Waals surface area contributed by atoms with Gasteiger partial charge in [0, 0.05) is 30.0 Å². The van der Waals surface area contributed by atoms with E-state index < -0.39 is 0 Å². The van der Waals surface area contributed by atoms with E-state index in [0.717, 1.165) is 12.8 Å². The van der Waals surface area contributed by atoms with Gasteiger partial charge in [0.25, 0.3) is 5.91 Å². The van der Waals surface area contributed by atoms with Crippen LogP contribution in [0.25, 0.3) is 11.0 Å². The Kier molecular flexibility index (Phi) is 4.02. The Hall–Kier alpha value is -1.92. The summed E-state index contributed by atoms with van der Waals surface area (Å²) in [6, 6.07) is 4.31. The summed E-state index contributed by atoms with van der Waals surface area (Å²) in [6.45, 7) is 4.30. The van der Waals surface area contributed by atoms with Gasteiger partial charge in [0.05, 0.1) is 13.2 Å². The lowest BCUT2D eigenvalue weighted by Crippen LogP contribution is -2.43.